The largest absolute Gasteiger partial charge is 0.374 e. The van der Waals surface area contributed by atoms with Gasteiger partial charge in [0, 0.05) is 6.61 Å². The number of ether oxygens (including phenoxy) is 1. The predicted octanol–water partition coefficient (Wildman–Crippen LogP) is 2.66. The molecule has 0 fully saturated rings. The van der Waals surface area contributed by atoms with E-state index in [9.17, 15) is 0 Å². The molecule has 2 heteroatoms. The van der Waals surface area contributed by atoms with Gasteiger partial charge in [-0.15, -0.1) is 0 Å². The number of nitriles is 1. The molecule has 0 saturated carbocycles. The van der Waals surface area contributed by atoms with Crippen LogP contribution in [0.5, 0.6) is 0 Å². The van der Waals surface area contributed by atoms with Crippen LogP contribution in [-0.4, -0.2) is 6.61 Å². The highest BCUT2D eigenvalue weighted by Gasteiger charge is 2.03. The maximum atomic E-state index is 8.59. The minimum absolute atomic E-state index is 0.109. The second-order valence-electron chi connectivity index (χ2n) is 2.83. The highest BCUT2D eigenvalue weighted by Crippen LogP contribution is 2.16. The fourth-order valence-electron chi connectivity index (χ4n) is 1.17. The number of hydrogen-bond acceptors (Lipinski definition) is 2. The number of nitrogens with zero attached hydrogens (tertiary/aromatic N) is 1. The van der Waals surface area contributed by atoms with Gasteiger partial charge >= 0.3 is 0 Å². The minimum Gasteiger partial charge on any atom is -0.374 e. The molecule has 0 aliphatic rings. The van der Waals surface area contributed by atoms with Crippen LogP contribution in [0.15, 0.2) is 24.3 Å². The molecule has 68 valence electrons. The first-order valence-corrected chi connectivity index (χ1v) is 4.39. The van der Waals surface area contributed by atoms with E-state index in [-0.39, 0.29) is 6.10 Å². The van der Waals surface area contributed by atoms with E-state index in [1.54, 1.807) is 0 Å². The lowest BCUT2D eigenvalue weighted by Crippen LogP contribution is -1.98. The lowest BCUT2D eigenvalue weighted by molar-refractivity contribution is 0.0764. The van der Waals surface area contributed by atoms with Gasteiger partial charge in [0.25, 0.3) is 0 Å². The van der Waals surface area contributed by atoms with Crippen molar-refractivity contribution in [1.82, 2.24) is 0 Å². The summed E-state index contributed by atoms with van der Waals surface area (Å²) in [5.41, 5.74) is 1.80. The quantitative estimate of drug-likeness (QED) is 0.707. The Morgan fingerprint density at radius 1 is 1.38 bits per heavy atom. The summed E-state index contributed by atoms with van der Waals surface area (Å²) < 4.78 is 5.42. The van der Waals surface area contributed by atoms with Gasteiger partial charge in [-0.2, -0.15) is 5.26 Å². The van der Waals surface area contributed by atoms with E-state index in [0.29, 0.717) is 12.2 Å². The molecule has 0 N–H and O–H groups in total. The van der Waals surface area contributed by atoms with Gasteiger partial charge in [0.2, 0.25) is 0 Å². The van der Waals surface area contributed by atoms with Gasteiger partial charge in [-0.3, -0.25) is 0 Å². The monoisotopic (exact) mass is 175 g/mol. The molecule has 1 rings (SSSR count). The highest BCUT2D eigenvalue weighted by atomic mass is 16.5. The standard InChI is InChI=1S/C11H13NO/c1-3-13-9(2)11-6-4-10(8-12)5-7-11/h4-7,9H,3H2,1-2H3. The summed E-state index contributed by atoms with van der Waals surface area (Å²) >= 11 is 0. The van der Waals surface area contributed by atoms with E-state index < -0.39 is 0 Å². The zero-order chi connectivity index (χ0) is 9.68. The molecule has 0 aromatic heterocycles. The van der Waals surface area contributed by atoms with Crippen molar-refractivity contribution in [2.45, 2.75) is 20.0 Å². The molecular formula is C11H13NO. The summed E-state index contributed by atoms with van der Waals surface area (Å²) in [5.74, 6) is 0. The molecule has 2 nitrogen and oxygen atoms in total. The molecule has 0 aliphatic heterocycles. The van der Waals surface area contributed by atoms with Crippen LogP contribution in [0.4, 0.5) is 0 Å². The van der Waals surface area contributed by atoms with Crippen molar-refractivity contribution in [1.29, 1.82) is 5.26 Å². The molecular weight excluding hydrogens is 162 g/mol. The van der Waals surface area contributed by atoms with Gasteiger partial charge in [-0.05, 0) is 31.5 Å². The Bertz CT molecular complexity index is 297. The van der Waals surface area contributed by atoms with Crippen molar-refractivity contribution in [3.05, 3.63) is 35.4 Å². The molecule has 0 radical (unpaired) electrons. The molecule has 0 aliphatic carbocycles. The molecule has 0 heterocycles. The maximum absolute atomic E-state index is 8.59. The summed E-state index contributed by atoms with van der Waals surface area (Å²) in [4.78, 5) is 0. The molecule has 13 heavy (non-hydrogen) atoms. The smallest absolute Gasteiger partial charge is 0.0991 e. The van der Waals surface area contributed by atoms with Gasteiger partial charge in [0.05, 0.1) is 17.7 Å². The third-order valence-corrected chi connectivity index (χ3v) is 1.93. The average molecular weight is 175 g/mol. The van der Waals surface area contributed by atoms with Crippen LogP contribution in [0.25, 0.3) is 0 Å². The van der Waals surface area contributed by atoms with E-state index in [0.717, 1.165) is 5.56 Å². The topological polar surface area (TPSA) is 33.0 Å². The summed E-state index contributed by atoms with van der Waals surface area (Å²) in [7, 11) is 0. The van der Waals surface area contributed by atoms with Crippen LogP contribution in [0.1, 0.15) is 31.1 Å². The lowest BCUT2D eigenvalue weighted by Gasteiger charge is -2.11. The van der Waals surface area contributed by atoms with E-state index in [1.165, 1.54) is 0 Å². The third-order valence-electron chi connectivity index (χ3n) is 1.93. The van der Waals surface area contributed by atoms with E-state index in [2.05, 4.69) is 6.07 Å². The van der Waals surface area contributed by atoms with Crippen molar-refractivity contribution in [2.75, 3.05) is 6.61 Å². The predicted molar refractivity (Wildman–Crippen MR) is 51.2 cm³/mol. The van der Waals surface area contributed by atoms with Crippen LogP contribution < -0.4 is 0 Å². The summed E-state index contributed by atoms with van der Waals surface area (Å²) in [5, 5.41) is 8.59. The van der Waals surface area contributed by atoms with Crippen molar-refractivity contribution in [2.24, 2.45) is 0 Å². The van der Waals surface area contributed by atoms with Gasteiger partial charge in [0.15, 0.2) is 0 Å². The Kier molecular flexibility index (Phi) is 3.48. The van der Waals surface area contributed by atoms with Crippen LogP contribution in [0, 0.1) is 11.3 Å². The summed E-state index contributed by atoms with van der Waals surface area (Å²) in [6.07, 6.45) is 0.109. The zero-order valence-corrected chi connectivity index (χ0v) is 7.95. The highest BCUT2D eigenvalue weighted by molar-refractivity contribution is 5.32. The molecule has 0 bridgehead atoms. The Balaban J connectivity index is 2.75. The van der Waals surface area contributed by atoms with E-state index in [1.807, 2.05) is 38.1 Å². The first kappa shape index (κ1) is 9.76. The molecule has 1 aromatic carbocycles. The Morgan fingerprint density at radius 3 is 2.46 bits per heavy atom. The maximum Gasteiger partial charge on any atom is 0.0991 e. The molecule has 1 unspecified atom stereocenters. The van der Waals surface area contributed by atoms with Crippen LogP contribution in [0.2, 0.25) is 0 Å². The van der Waals surface area contributed by atoms with Crippen LogP contribution in [0.3, 0.4) is 0 Å². The van der Waals surface area contributed by atoms with E-state index >= 15 is 0 Å². The van der Waals surface area contributed by atoms with Crippen molar-refractivity contribution < 1.29 is 4.74 Å². The van der Waals surface area contributed by atoms with Crippen molar-refractivity contribution >= 4 is 0 Å². The normalized spacial score (nSPS) is 12.1. The Labute approximate surface area is 78.8 Å². The van der Waals surface area contributed by atoms with E-state index in [4.69, 9.17) is 10.00 Å². The van der Waals surface area contributed by atoms with Crippen molar-refractivity contribution in [3.8, 4) is 6.07 Å². The number of rotatable bonds is 3. The molecule has 1 aromatic rings. The second kappa shape index (κ2) is 4.64. The Hall–Kier alpha value is -1.33. The first-order chi connectivity index (χ1) is 6.27. The average Bonchev–Trinajstić information content (AvgIpc) is 2.18. The van der Waals surface area contributed by atoms with Gasteiger partial charge in [-0.1, -0.05) is 12.1 Å². The summed E-state index contributed by atoms with van der Waals surface area (Å²) in [6.45, 7) is 4.69. The fraction of sp³-hybridized carbons (Fsp3) is 0.364. The minimum atomic E-state index is 0.109. The fourth-order valence-corrected chi connectivity index (χ4v) is 1.17. The third kappa shape index (κ3) is 2.57. The Morgan fingerprint density at radius 2 is 2.00 bits per heavy atom. The number of hydrogen-bond donors (Lipinski definition) is 0. The van der Waals surface area contributed by atoms with Crippen molar-refractivity contribution in [3.63, 3.8) is 0 Å². The zero-order valence-electron chi connectivity index (χ0n) is 7.95. The van der Waals surface area contributed by atoms with Crippen LogP contribution >= 0.6 is 0 Å². The van der Waals surface area contributed by atoms with Gasteiger partial charge in [0.1, 0.15) is 0 Å². The lowest BCUT2D eigenvalue weighted by atomic mass is 10.1. The molecule has 0 saturated heterocycles. The van der Waals surface area contributed by atoms with Crippen LogP contribution in [-0.2, 0) is 4.74 Å². The molecule has 0 spiro atoms. The molecule has 1 atom stereocenters. The molecule has 0 amide bonds. The SMILES string of the molecule is CCOC(C)c1ccc(C#N)cc1. The second-order valence-corrected chi connectivity index (χ2v) is 2.83. The van der Waals surface area contributed by atoms with Gasteiger partial charge in [-0.25, -0.2) is 0 Å². The number of benzene rings is 1. The van der Waals surface area contributed by atoms with Gasteiger partial charge < -0.3 is 4.74 Å². The summed E-state index contributed by atoms with van der Waals surface area (Å²) in [6, 6.07) is 9.56. The first-order valence-electron chi connectivity index (χ1n) is 4.39.